The molecule has 9 nitrogen and oxygen atoms in total. The first-order valence-electron chi connectivity index (χ1n) is 6.35. The molecule has 0 saturated carbocycles. The second-order valence-electron chi connectivity index (χ2n) is 3.67. The third kappa shape index (κ3) is 6.45. The minimum atomic E-state index is 0.134. The van der Waals surface area contributed by atoms with Crippen molar-refractivity contribution in [2.24, 2.45) is 5.84 Å². The highest BCUT2D eigenvalue weighted by Crippen LogP contribution is 2.12. The van der Waals surface area contributed by atoms with Gasteiger partial charge in [-0.25, -0.2) is 5.84 Å². The van der Waals surface area contributed by atoms with Gasteiger partial charge in [0.25, 0.3) is 0 Å². The molecule has 3 N–H and O–H groups in total. The molecule has 0 saturated heterocycles. The summed E-state index contributed by atoms with van der Waals surface area (Å²) in [6, 6.07) is 0.305. The fraction of sp³-hybridized carbons (Fsp3) is 0.727. The van der Waals surface area contributed by atoms with Crippen molar-refractivity contribution < 1.29 is 18.9 Å². The van der Waals surface area contributed by atoms with Gasteiger partial charge in [0.05, 0.1) is 26.4 Å². The van der Waals surface area contributed by atoms with Crippen molar-refractivity contribution in [3.8, 4) is 12.0 Å². The predicted octanol–water partition coefficient (Wildman–Crippen LogP) is -0.0122. The molecule has 1 rings (SSSR count). The van der Waals surface area contributed by atoms with Crippen molar-refractivity contribution in [1.29, 1.82) is 0 Å². The van der Waals surface area contributed by atoms with E-state index in [-0.39, 0.29) is 18.0 Å². The quantitative estimate of drug-likeness (QED) is 0.329. The van der Waals surface area contributed by atoms with Crippen LogP contribution in [0.3, 0.4) is 0 Å². The van der Waals surface area contributed by atoms with Gasteiger partial charge in [-0.15, -0.1) is 4.98 Å². The normalized spacial score (nSPS) is 10.3. The summed E-state index contributed by atoms with van der Waals surface area (Å²) in [6.45, 7) is 4.27. The van der Waals surface area contributed by atoms with Gasteiger partial charge in [-0.2, -0.15) is 9.97 Å². The van der Waals surface area contributed by atoms with E-state index in [2.05, 4.69) is 20.4 Å². The monoisotopic (exact) mass is 287 g/mol. The third-order valence-corrected chi connectivity index (χ3v) is 2.05. The van der Waals surface area contributed by atoms with E-state index in [1.165, 1.54) is 0 Å². The lowest BCUT2D eigenvalue weighted by atomic mass is 10.5. The maximum absolute atomic E-state index is 5.35. The standard InChI is InChI=1S/C11H21N5O4/c1-3-4-19-10-13-9(16-12)14-11(15-10)20-8-7-18-6-5-17-2/h3-8,12H2,1-2H3,(H,13,14,15,16). The summed E-state index contributed by atoms with van der Waals surface area (Å²) in [6.07, 6.45) is 0.848. The van der Waals surface area contributed by atoms with Crippen molar-refractivity contribution in [2.75, 3.05) is 45.6 Å². The molecular formula is C11H21N5O4. The zero-order valence-electron chi connectivity index (χ0n) is 11.8. The van der Waals surface area contributed by atoms with E-state index in [0.717, 1.165) is 6.42 Å². The maximum Gasteiger partial charge on any atom is 0.324 e. The molecule has 20 heavy (non-hydrogen) atoms. The molecule has 0 unspecified atom stereocenters. The Balaban J connectivity index is 2.42. The van der Waals surface area contributed by atoms with Gasteiger partial charge in [0.2, 0.25) is 5.95 Å². The van der Waals surface area contributed by atoms with Crippen molar-refractivity contribution >= 4 is 5.95 Å². The zero-order valence-corrected chi connectivity index (χ0v) is 11.8. The lowest BCUT2D eigenvalue weighted by Gasteiger charge is -2.08. The van der Waals surface area contributed by atoms with Crippen LogP contribution in [-0.2, 0) is 9.47 Å². The molecule has 0 spiro atoms. The summed E-state index contributed by atoms with van der Waals surface area (Å²) in [5.74, 6) is 5.46. The summed E-state index contributed by atoms with van der Waals surface area (Å²) in [7, 11) is 1.61. The van der Waals surface area contributed by atoms with Crippen LogP contribution in [0.1, 0.15) is 13.3 Å². The molecule has 0 fully saturated rings. The Kier molecular flexibility index (Phi) is 8.27. The van der Waals surface area contributed by atoms with E-state index >= 15 is 0 Å². The van der Waals surface area contributed by atoms with Gasteiger partial charge in [-0.1, -0.05) is 6.92 Å². The van der Waals surface area contributed by atoms with Crippen LogP contribution >= 0.6 is 0 Å². The minimum Gasteiger partial charge on any atom is -0.463 e. The summed E-state index contributed by atoms with van der Waals surface area (Å²) < 4.78 is 20.8. The number of nitrogens with zero attached hydrogens (tertiary/aromatic N) is 3. The van der Waals surface area contributed by atoms with Crippen LogP contribution in [0.15, 0.2) is 0 Å². The number of hydrogen-bond donors (Lipinski definition) is 2. The number of hydrazine groups is 1. The Morgan fingerprint density at radius 1 is 0.950 bits per heavy atom. The number of anilines is 1. The maximum atomic E-state index is 5.35. The van der Waals surface area contributed by atoms with Crippen LogP contribution in [0, 0.1) is 0 Å². The topological polar surface area (TPSA) is 114 Å². The van der Waals surface area contributed by atoms with E-state index in [1.807, 2.05) is 6.92 Å². The van der Waals surface area contributed by atoms with Crippen LogP contribution in [0.5, 0.6) is 12.0 Å². The molecule has 1 heterocycles. The number of nitrogens with one attached hydrogen (secondary N) is 1. The Morgan fingerprint density at radius 2 is 1.60 bits per heavy atom. The minimum absolute atomic E-state index is 0.134. The summed E-state index contributed by atoms with van der Waals surface area (Å²) in [5, 5.41) is 0. The van der Waals surface area contributed by atoms with Crippen LogP contribution in [-0.4, -0.2) is 55.1 Å². The highest BCUT2D eigenvalue weighted by molar-refractivity contribution is 5.25. The fourth-order valence-corrected chi connectivity index (χ4v) is 1.16. The van der Waals surface area contributed by atoms with E-state index in [4.69, 9.17) is 24.8 Å². The second kappa shape index (κ2) is 10.1. The van der Waals surface area contributed by atoms with Gasteiger partial charge in [-0.05, 0) is 6.42 Å². The first-order chi connectivity index (χ1) is 9.80. The van der Waals surface area contributed by atoms with Gasteiger partial charge in [-0.3, -0.25) is 5.43 Å². The van der Waals surface area contributed by atoms with Gasteiger partial charge in [0, 0.05) is 7.11 Å². The first kappa shape index (κ1) is 16.3. The highest BCUT2D eigenvalue weighted by atomic mass is 16.5. The number of methoxy groups -OCH3 is 1. The molecule has 1 aromatic rings. The van der Waals surface area contributed by atoms with E-state index in [0.29, 0.717) is 33.0 Å². The Morgan fingerprint density at radius 3 is 2.20 bits per heavy atom. The molecule has 0 aromatic carbocycles. The molecular weight excluding hydrogens is 266 g/mol. The lowest BCUT2D eigenvalue weighted by Crippen LogP contribution is -2.15. The average molecular weight is 287 g/mol. The van der Waals surface area contributed by atoms with Gasteiger partial charge in [0.15, 0.2) is 0 Å². The zero-order chi connectivity index (χ0) is 14.6. The highest BCUT2D eigenvalue weighted by Gasteiger charge is 2.07. The molecule has 0 aliphatic carbocycles. The average Bonchev–Trinajstić information content (AvgIpc) is 2.48. The van der Waals surface area contributed by atoms with Gasteiger partial charge >= 0.3 is 12.0 Å². The Hall–Kier alpha value is -1.71. The largest absolute Gasteiger partial charge is 0.463 e. The van der Waals surface area contributed by atoms with Gasteiger partial charge < -0.3 is 18.9 Å². The van der Waals surface area contributed by atoms with Crippen LogP contribution in [0.25, 0.3) is 0 Å². The van der Waals surface area contributed by atoms with E-state index in [9.17, 15) is 0 Å². The molecule has 1 aromatic heterocycles. The summed E-state index contributed by atoms with van der Waals surface area (Å²) >= 11 is 0. The van der Waals surface area contributed by atoms with Crippen LogP contribution in [0.2, 0.25) is 0 Å². The summed E-state index contributed by atoms with van der Waals surface area (Å²) in [5.41, 5.74) is 2.33. The number of nitrogen functional groups attached to an aromatic ring is 1. The van der Waals surface area contributed by atoms with Crippen LogP contribution in [0.4, 0.5) is 5.95 Å². The van der Waals surface area contributed by atoms with Crippen molar-refractivity contribution in [3.05, 3.63) is 0 Å². The van der Waals surface area contributed by atoms with E-state index in [1.54, 1.807) is 7.11 Å². The van der Waals surface area contributed by atoms with Crippen LogP contribution < -0.4 is 20.7 Å². The number of nitrogens with two attached hydrogens (primary N) is 1. The Labute approximate surface area is 117 Å². The number of rotatable bonds is 11. The SMILES string of the molecule is CCCOc1nc(NN)nc(OCCOCCOC)n1. The Bertz CT molecular complexity index is 380. The molecule has 0 aliphatic heterocycles. The first-order valence-corrected chi connectivity index (χ1v) is 6.35. The lowest BCUT2D eigenvalue weighted by molar-refractivity contribution is 0.0526. The smallest absolute Gasteiger partial charge is 0.324 e. The molecule has 114 valence electrons. The number of aromatic nitrogens is 3. The molecule has 9 heteroatoms. The summed E-state index contributed by atoms with van der Waals surface area (Å²) in [4.78, 5) is 11.9. The molecule has 0 aliphatic rings. The second-order valence-corrected chi connectivity index (χ2v) is 3.67. The molecule has 0 amide bonds. The van der Waals surface area contributed by atoms with Crippen molar-refractivity contribution in [3.63, 3.8) is 0 Å². The van der Waals surface area contributed by atoms with E-state index < -0.39 is 0 Å². The molecule has 0 bridgehead atoms. The number of ether oxygens (including phenoxy) is 4. The number of hydrogen-bond acceptors (Lipinski definition) is 9. The molecule has 0 atom stereocenters. The van der Waals surface area contributed by atoms with Crippen molar-refractivity contribution in [1.82, 2.24) is 15.0 Å². The predicted molar refractivity (Wildman–Crippen MR) is 71.6 cm³/mol. The van der Waals surface area contributed by atoms with Gasteiger partial charge in [0.1, 0.15) is 6.61 Å². The van der Waals surface area contributed by atoms with Crippen molar-refractivity contribution in [2.45, 2.75) is 13.3 Å². The fourth-order valence-electron chi connectivity index (χ4n) is 1.16. The third-order valence-electron chi connectivity index (χ3n) is 2.05. The molecule has 0 radical (unpaired) electrons.